The number of nitrogens with two attached hydrogens (primary N) is 1. The van der Waals surface area contributed by atoms with E-state index in [0.29, 0.717) is 31.0 Å². The predicted octanol–water partition coefficient (Wildman–Crippen LogP) is 0.735. The van der Waals surface area contributed by atoms with E-state index in [4.69, 9.17) is 10.5 Å². The molecule has 1 aliphatic heterocycles. The average molecular weight is 270 g/mol. The molecule has 0 spiro atoms. The molecule has 0 saturated heterocycles. The van der Waals surface area contributed by atoms with Gasteiger partial charge in [-0.1, -0.05) is 6.07 Å². The van der Waals surface area contributed by atoms with E-state index in [1.54, 1.807) is 0 Å². The average Bonchev–Trinajstić information content (AvgIpc) is 2.26. The lowest BCUT2D eigenvalue weighted by Gasteiger charge is -2.29. The van der Waals surface area contributed by atoms with E-state index in [0.717, 1.165) is 5.56 Å². The van der Waals surface area contributed by atoms with Gasteiger partial charge in [-0.25, -0.2) is 8.42 Å². The summed E-state index contributed by atoms with van der Waals surface area (Å²) >= 11 is 0. The summed E-state index contributed by atoms with van der Waals surface area (Å²) in [6.07, 6.45) is 1.92. The maximum absolute atomic E-state index is 11.7. The van der Waals surface area contributed by atoms with E-state index in [2.05, 4.69) is 0 Å². The Morgan fingerprint density at radius 1 is 1.50 bits per heavy atom. The van der Waals surface area contributed by atoms with Crippen LogP contribution in [0.4, 0.5) is 5.69 Å². The molecule has 5 nitrogen and oxygen atoms in total. The standard InChI is InChI=1S/C12H18N2O3S/c1-9(13)7-10-3-4-12-11(8-10)14(5-6-17-12)18(2,15)16/h3-4,8-9H,5-7,13H2,1-2H3. The minimum atomic E-state index is -3.26. The van der Waals surface area contributed by atoms with E-state index in [9.17, 15) is 8.42 Å². The highest BCUT2D eigenvalue weighted by Crippen LogP contribution is 2.34. The second-order valence-corrected chi connectivity index (χ2v) is 6.57. The summed E-state index contributed by atoms with van der Waals surface area (Å²) in [5.74, 6) is 0.611. The van der Waals surface area contributed by atoms with Crippen molar-refractivity contribution in [1.82, 2.24) is 0 Å². The fraction of sp³-hybridized carbons (Fsp3) is 0.500. The van der Waals surface area contributed by atoms with E-state index < -0.39 is 10.0 Å². The van der Waals surface area contributed by atoms with E-state index in [1.807, 2.05) is 25.1 Å². The van der Waals surface area contributed by atoms with Crippen molar-refractivity contribution in [3.63, 3.8) is 0 Å². The van der Waals surface area contributed by atoms with Crippen LogP contribution < -0.4 is 14.8 Å². The summed E-state index contributed by atoms with van der Waals surface area (Å²) in [7, 11) is -3.26. The number of anilines is 1. The number of benzene rings is 1. The lowest BCUT2D eigenvalue weighted by atomic mass is 10.1. The lowest BCUT2D eigenvalue weighted by Crippen LogP contribution is -2.37. The van der Waals surface area contributed by atoms with E-state index >= 15 is 0 Å². The van der Waals surface area contributed by atoms with Crippen molar-refractivity contribution in [3.8, 4) is 5.75 Å². The van der Waals surface area contributed by atoms with Gasteiger partial charge in [0.25, 0.3) is 0 Å². The zero-order valence-electron chi connectivity index (χ0n) is 10.6. The molecule has 1 heterocycles. The molecule has 2 N–H and O–H groups in total. The van der Waals surface area contributed by atoms with Crippen LogP contribution in [0.25, 0.3) is 0 Å². The molecule has 1 atom stereocenters. The quantitative estimate of drug-likeness (QED) is 0.879. The minimum absolute atomic E-state index is 0.0410. The molecule has 6 heteroatoms. The summed E-state index contributed by atoms with van der Waals surface area (Å²) in [6, 6.07) is 5.62. The maximum Gasteiger partial charge on any atom is 0.232 e. The second kappa shape index (κ2) is 4.78. The summed E-state index contributed by atoms with van der Waals surface area (Å²) < 4.78 is 30.3. The van der Waals surface area contributed by atoms with Gasteiger partial charge in [-0.15, -0.1) is 0 Å². The van der Waals surface area contributed by atoms with Gasteiger partial charge < -0.3 is 10.5 Å². The Hall–Kier alpha value is -1.27. The molecule has 1 unspecified atom stereocenters. The third-order valence-corrected chi connectivity index (χ3v) is 3.98. The van der Waals surface area contributed by atoms with Gasteiger partial charge in [-0.3, -0.25) is 4.31 Å². The highest BCUT2D eigenvalue weighted by molar-refractivity contribution is 7.92. The molecule has 1 aromatic rings. The van der Waals surface area contributed by atoms with Gasteiger partial charge in [0.15, 0.2) is 0 Å². The van der Waals surface area contributed by atoms with Gasteiger partial charge in [0.05, 0.1) is 18.5 Å². The molecule has 18 heavy (non-hydrogen) atoms. The van der Waals surface area contributed by atoms with Crippen molar-refractivity contribution in [2.24, 2.45) is 5.73 Å². The molecule has 100 valence electrons. The first kappa shape index (κ1) is 13.2. The number of fused-ring (bicyclic) bond motifs is 1. The largest absolute Gasteiger partial charge is 0.489 e. The molecule has 0 radical (unpaired) electrons. The van der Waals surface area contributed by atoms with E-state index in [1.165, 1.54) is 10.6 Å². The minimum Gasteiger partial charge on any atom is -0.489 e. The summed E-state index contributed by atoms with van der Waals surface area (Å²) in [5.41, 5.74) is 7.39. The lowest BCUT2D eigenvalue weighted by molar-refractivity contribution is 0.316. The van der Waals surface area contributed by atoms with Crippen LogP contribution in [0.5, 0.6) is 5.75 Å². The molecule has 1 aliphatic rings. The van der Waals surface area contributed by atoms with Crippen molar-refractivity contribution in [2.45, 2.75) is 19.4 Å². The summed E-state index contributed by atoms with van der Waals surface area (Å²) in [6.45, 7) is 2.66. The number of rotatable bonds is 3. The van der Waals surface area contributed by atoms with Gasteiger partial charge in [-0.2, -0.15) is 0 Å². The molecule has 0 bridgehead atoms. The molecular formula is C12H18N2O3S. The highest BCUT2D eigenvalue weighted by atomic mass is 32.2. The Morgan fingerprint density at radius 3 is 2.83 bits per heavy atom. The third-order valence-electron chi connectivity index (χ3n) is 2.80. The Bertz CT molecular complexity index is 540. The highest BCUT2D eigenvalue weighted by Gasteiger charge is 2.25. The Balaban J connectivity index is 2.41. The molecule has 2 rings (SSSR count). The van der Waals surface area contributed by atoms with Gasteiger partial charge >= 0.3 is 0 Å². The van der Waals surface area contributed by atoms with Crippen LogP contribution in [-0.4, -0.2) is 33.9 Å². The zero-order valence-corrected chi connectivity index (χ0v) is 11.4. The third kappa shape index (κ3) is 2.76. The predicted molar refractivity (Wildman–Crippen MR) is 71.5 cm³/mol. The number of ether oxygens (including phenoxy) is 1. The van der Waals surface area contributed by atoms with Gasteiger partial charge in [0, 0.05) is 6.04 Å². The first-order chi connectivity index (χ1) is 8.38. The number of sulfonamides is 1. The molecular weight excluding hydrogens is 252 g/mol. The first-order valence-corrected chi connectivity index (χ1v) is 7.72. The van der Waals surface area contributed by atoms with Crippen LogP contribution in [-0.2, 0) is 16.4 Å². The number of hydrogen-bond donors (Lipinski definition) is 1. The van der Waals surface area contributed by atoms with Gasteiger partial charge in [0.2, 0.25) is 10.0 Å². The van der Waals surface area contributed by atoms with Crippen molar-refractivity contribution in [2.75, 3.05) is 23.7 Å². The van der Waals surface area contributed by atoms with Crippen LogP contribution >= 0.6 is 0 Å². The van der Waals surface area contributed by atoms with Gasteiger partial charge in [0.1, 0.15) is 12.4 Å². The first-order valence-electron chi connectivity index (χ1n) is 5.87. The van der Waals surface area contributed by atoms with Crippen LogP contribution in [0.3, 0.4) is 0 Å². The van der Waals surface area contributed by atoms with Crippen LogP contribution in [0.15, 0.2) is 18.2 Å². The Kier molecular flexibility index (Phi) is 3.49. The normalized spacial score (nSPS) is 16.9. The smallest absolute Gasteiger partial charge is 0.232 e. The summed E-state index contributed by atoms with van der Waals surface area (Å²) in [4.78, 5) is 0. The van der Waals surface area contributed by atoms with Gasteiger partial charge in [-0.05, 0) is 31.0 Å². The fourth-order valence-electron chi connectivity index (χ4n) is 2.08. The number of nitrogens with zero attached hydrogens (tertiary/aromatic N) is 1. The fourth-order valence-corrected chi connectivity index (χ4v) is 2.99. The second-order valence-electron chi connectivity index (χ2n) is 4.67. The molecule has 0 aromatic heterocycles. The molecule has 0 saturated carbocycles. The molecule has 0 amide bonds. The SMILES string of the molecule is CC(N)Cc1ccc2c(c1)N(S(C)(=O)=O)CCO2. The van der Waals surface area contributed by atoms with Crippen molar-refractivity contribution in [3.05, 3.63) is 23.8 Å². The van der Waals surface area contributed by atoms with Crippen LogP contribution in [0.2, 0.25) is 0 Å². The monoisotopic (exact) mass is 270 g/mol. The van der Waals surface area contributed by atoms with Crippen molar-refractivity contribution in [1.29, 1.82) is 0 Å². The van der Waals surface area contributed by atoms with Crippen LogP contribution in [0, 0.1) is 0 Å². The summed E-state index contributed by atoms with van der Waals surface area (Å²) in [5, 5.41) is 0. The zero-order chi connectivity index (χ0) is 13.3. The topological polar surface area (TPSA) is 72.6 Å². The Labute approximate surface area is 108 Å². The van der Waals surface area contributed by atoms with Crippen LogP contribution in [0.1, 0.15) is 12.5 Å². The number of hydrogen-bond acceptors (Lipinski definition) is 4. The molecule has 1 aromatic carbocycles. The van der Waals surface area contributed by atoms with E-state index in [-0.39, 0.29) is 6.04 Å². The maximum atomic E-state index is 11.7. The van der Waals surface area contributed by atoms with Crippen molar-refractivity contribution >= 4 is 15.7 Å². The van der Waals surface area contributed by atoms with Crippen molar-refractivity contribution < 1.29 is 13.2 Å². The molecule has 0 fully saturated rings. The molecule has 0 aliphatic carbocycles. The Morgan fingerprint density at radius 2 is 2.22 bits per heavy atom.